The third kappa shape index (κ3) is 6.15. The maximum absolute atomic E-state index is 13.5. The maximum atomic E-state index is 13.5. The van der Waals surface area contributed by atoms with E-state index in [1.807, 2.05) is 6.07 Å². The van der Waals surface area contributed by atoms with Gasteiger partial charge in [0.2, 0.25) is 5.91 Å². The lowest BCUT2D eigenvalue weighted by molar-refractivity contribution is -0.134. The number of esters is 1. The van der Waals surface area contributed by atoms with Crippen LogP contribution in [-0.4, -0.2) is 67.2 Å². The minimum Gasteiger partial charge on any atom is -0.491 e. The Morgan fingerprint density at radius 3 is 2.50 bits per heavy atom. The average Bonchev–Trinajstić information content (AvgIpc) is 3.51. The molecule has 2 atom stereocenters. The molecule has 0 radical (unpaired) electrons. The van der Waals surface area contributed by atoms with Gasteiger partial charge < -0.3 is 24.8 Å². The van der Waals surface area contributed by atoms with Gasteiger partial charge in [-0.1, -0.05) is 42.5 Å². The number of ether oxygens (including phenoxy) is 3. The first-order valence-electron chi connectivity index (χ1n) is 11.6. The summed E-state index contributed by atoms with van der Waals surface area (Å²) in [5, 5.41) is 6.89. The number of urea groups is 1. The van der Waals surface area contributed by atoms with Crippen LogP contribution in [0.5, 0.6) is 5.75 Å². The quantitative estimate of drug-likeness (QED) is 0.216. The Bertz CT molecular complexity index is 1300. The van der Waals surface area contributed by atoms with Crippen LogP contribution in [-0.2, 0) is 25.5 Å². The number of nitrogens with zero attached hydrogens (tertiary/aromatic N) is 2. The van der Waals surface area contributed by atoms with Crippen molar-refractivity contribution in [3.05, 3.63) is 76.8 Å². The molecule has 1 aliphatic rings. The largest absolute Gasteiger partial charge is 0.491 e. The molecule has 12 heteroatoms. The molecule has 0 aliphatic carbocycles. The maximum Gasteiger partial charge on any atom is 0.357 e. The molecule has 4 amide bonds. The first kappa shape index (κ1) is 26.8. The van der Waals surface area contributed by atoms with E-state index in [1.165, 1.54) is 12.5 Å². The molecule has 2 N–H and O–H groups in total. The van der Waals surface area contributed by atoms with Gasteiger partial charge in [0.15, 0.2) is 10.8 Å². The molecule has 0 bridgehead atoms. The number of rotatable bonds is 11. The highest BCUT2D eigenvalue weighted by Gasteiger charge is 2.45. The molecule has 0 spiro atoms. The number of hydrogen-bond acceptors (Lipinski definition) is 9. The average molecular weight is 539 g/mol. The predicted octanol–water partition coefficient (Wildman–Crippen LogP) is 2.80. The summed E-state index contributed by atoms with van der Waals surface area (Å²) >= 11 is 1.03. The van der Waals surface area contributed by atoms with Gasteiger partial charge in [0.05, 0.1) is 13.7 Å². The van der Waals surface area contributed by atoms with Gasteiger partial charge in [0.1, 0.15) is 24.4 Å². The van der Waals surface area contributed by atoms with Crippen LogP contribution in [0.4, 0.5) is 9.93 Å². The van der Waals surface area contributed by atoms with E-state index in [9.17, 15) is 19.2 Å². The molecule has 11 nitrogen and oxygen atoms in total. The fraction of sp³-hybridized carbons (Fsp3) is 0.269. The van der Waals surface area contributed by atoms with E-state index in [1.54, 1.807) is 55.6 Å². The highest BCUT2D eigenvalue weighted by Crippen LogP contribution is 2.27. The molecule has 4 rings (SSSR count). The van der Waals surface area contributed by atoms with Crippen molar-refractivity contribution in [1.29, 1.82) is 0 Å². The number of carbonyl (C=O) groups is 4. The van der Waals surface area contributed by atoms with Crippen molar-refractivity contribution in [2.75, 3.05) is 32.8 Å². The van der Waals surface area contributed by atoms with Crippen LogP contribution >= 0.6 is 11.3 Å². The topological polar surface area (TPSA) is 136 Å². The summed E-state index contributed by atoms with van der Waals surface area (Å²) in [4.78, 5) is 56.6. The molecule has 1 aliphatic heterocycles. The van der Waals surface area contributed by atoms with Crippen LogP contribution in [0.15, 0.2) is 60.0 Å². The van der Waals surface area contributed by atoms with Gasteiger partial charge in [-0.15, -0.1) is 11.3 Å². The van der Waals surface area contributed by atoms with Gasteiger partial charge >= 0.3 is 12.0 Å². The van der Waals surface area contributed by atoms with E-state index < -0.39 is 35.9 Å². The van der Waals surface area contributed by atoms with Crippen molar-refractivity contribution >= 4 is 40.3 Å². The number of hydrogen-bond donors (Lipinski definition) is 2. The molecule has 1 fully saturated rings. The Hall–Kier alpha value is -4.29. The van der Waals surface area contributed by atoms with E-state index in [4.69, 9.17) is 9.47 Å². The van der Waals surface area contributed by atoms with E-state index >= 15 is 0 Å². The van der Waals surface area contributed by atoms with Crippen molar-refractivity contribution in [2.45, 2.75) is 18.5 Å². The highest BCUT2D eigenvalue weighted by atomic mass is 32.1. The molecule has 1 saturated heterocycles. The zero-order valence-corrected chi connectivity index (χ0v) is 21.5. The second-order valence-corrected chi connectivity index (χ2v) is 9.08. The van der Waals surface area contributed by atoms with Gasteiger partial charge in [-0.2, -0.15) is 0 Å². The van der Waals surface area contributed by atoms with Crippen LogP contribution in [0.2, 0.25) is 0 Å². The van der Waals surface area contributed by atoms with Crippen molar-refractivity contribution in [3.8, 4) is 5.75 Å². The Labute approximate surface area is 222 Å². The van der Waals surface area contributed by atoms with Crippen LogP contribution < -0.4 is 15.4 Å². The monoisotopic (exact) mass is 538 g/mol. The van der Waals surface area contributed by atoms with Crippen LogP contribution in [0, 0.1) is 0 Å². The van der Waals surface area contributed by atoms with Gasteiger partial charge in [-0.25, -0.2) is 19.5 Å². The number of anilines is 1. The molecule has 0 saturated carbocycles. The predicted molar refractivity (Wildman–Crippen MR) is 138 cm³/mol. The van der Waals surface area contributed by atoms with E-state index in [2.05, 4.69) is 20.4 Å². The SMILES string of the molecule is COCCOc1ccc(C2NC(=O)N([C@@H](Cc3ccccc3)C(=O)Nc3nc(C(=O)OC)cs3)C2=O)cc1. The number of carbonyl (C=O) groups excluding carboxylic acids is 4. The van der Waals surface area contributed by atoms with Crippen molar-refractivity contribution in [3.63, 3.8) is 0 Å². The van der Waals surface area contributed by atoms with Crippen LogP contribution in [0.1, 0.15) is 27.7 Å². The lowest BCUT2D eigenvalue weighted by Gasteiger charge is -2.24. The molecular weight excluding hydrogens is 512 g/mol. The van der Waals surface area contributed by atoms with Gasteiger partial charge in [-0.05, 0) is 23.3 Å². The smallest absolute Gasteiger partial charge is 0.357 e. The standard InChI is InChI=1S/C26H26N4O7S/c1-35-12-13-37-18-10-8-17(9-11-18)21-23(32)30(26(34)28-21)20(14-16-6-4-3-5-7-16)22(31)29-25-27-19(15-38-25)24(33)36-2/h3-11,15,20-21H,12-14H2,1-2H3,(H,28,34)(H,27,29,31)/t20-,21?/m0/s1. The molecule has 2 heterocycles. The lowest BCUT2D eigenvalue weighted by Crippen LogP contribution is -2.49. The minimum absolute atomic E-state index is 0.0390. The summed E-state index contributed by atoms with van der Waals surface area (Å²) < 4.78 is 15.2. The van der Waals surface area contributed by atoms with Crippen LogP contribution in [0.25, 0.3) is 0 Å². The van der Waals surface area contributed by atoms with Gasteiger partial charge in [-0.3, -0.25) is 9.59 Å². The molecule has 1 unspecified atom stereocenters. The summed E-state index contributed by atoms with van der Waals surface area (Å²) in [7, 11) is 2.81. The number of methoxy groups -OCH3 is 2. The summed E-state index contributed by atoms with van der Waals surface area (Å²) in [6.45, 7) is 0.808. The second kappa shape index (κ2) is 12.3. The lowest BCUT2D eigenvalue weighted by atomic mass is 10.0. The zero-order chi connectivity index (χ0) is 27.1. The molecule has 2 aromatic carbocycles. The Morgan fingerprint density at radius 2 is 1.82 bits per heavy atom. The number of thiazole rings is 1. The van der Waals surface area contributed by atoms with E-state index in [-0.39, 0.29) is 17.2 Å². The Kier molecular flexibility index (Phi) is 8.66. The van der Waals surface area contributed by atoms with Gasteiger partial charge in [0, 0.05) is 18.9 Å². The summed E-state index contributed by atoms with van der Waals surface area (Å²) in [6, 6.07) is 13.0. The number of amides is 4. The normalized spacial score (nSPS) is 15.6. The van der Waals surface area contributed by atoms with Crippen molar-refractivity contribution < 1.29 is 33.4 Å². The molecule has 198 valence electrons. The summed E-state index contributed by atoms with van der Waals surface area (Å²) in [6.07, 6.45) is 0.0834. The number of imide groups is 1. The van der Waals surface area contributed by atoms with Crippen LogP contribution in [0.3, 0.4) is 0 Å². The molecular formula is C26H26N4O7S. The first-order chi connectivity index (χ1) is 18.4. The fourth-order valence-corrected chi connectivity index (χ4v) is 4.55. The van der Waals surface area contributed by atoms with Crippen molar-refractivity contribution in [2.24, 2.45) is 0 Å². The Morgan fingerprint density at radius 1 is 1.08 bits per heavy atom. The fourth-order valence-electron chi connectivity index (χ4n) is 3.87. The van der Waals surface area contributed by atoms with Crippen molar-refractivity contribution in [1.82, 2.24) is 15.2 Å². The summed E-state index contributed by atoms with van der Waals surface area (Å²) in [5.74, 6) is -1.23. The second-order valence-electron chi connectivity index (χ2n) is 8.23. The third-order valence-corrected chi connectivity index (χ3v) is 6.51. The molecule has 3 aromatic rings. The first-order valence-corrected chi connectivity index (χ1v) is 12.5. The van der Waals surface area contributed by atoms with E-state index in [0.29, 0.717) is 24.5 Å². The highest BCUT2D eigenvalue weighted by molar-refractivity contribution is 7.14. The molecule has 1 aromatic heterocycles. The summed E-state index contributed by atoms with van der Waals surface area (Å²) in [5.41, 5.74) is 1.34. The third-order valence-electron chi connectivity index (χ3n) is 5.76. The minimum atomic E-state index is -1.17. The number of benzene rings is 2. The zero-order valence-electron chi connectivity index (χ0n) is 20.7. The Balaban J connectivity index is 1.55. The van der Waals surface area contributed by atoms with E-state index in [0.717, 1.165) is 21.8 Å². The van der Waals surface area contributed by atoms with Gasteiger partial charge in [0.25, 0.3) is 5.91 Å². The number of nitrogens with one attached hydrogen (secondary N) is 2. The number of aromatic nitrogens is 1. The molecule has 38 heavy (non-hydrogen) atoms.